The second-order valence-electron chi connectivity index (χ2n) is 12.3. The maximum absolute atomic E-state index is 13.2. The van der Waals surface area contributed by atoms with Crippen LogP contribution in [0.25, 0.3) is 0 Å². The van der Waals surface area contributed by atoms with Gasteiger partial charge in [0.05, 0.1) is 12.0 Å². The van der Waals surface area contributed by atoms with E-state index in [2.05, 4.69) is 6.92 Å². The van der Waals surface area contributed by atoms with Gasteiger partial charge in [-0.15, -0.1) is 0 Å². The lowest BCUT2D eigenvalue weighted by Gasteiger charge is -2.53. The minimum atomic E-state index is -4.36. The average Bonchev–Trinajstić information content (AvgIpc) is 2.76. The van der Waals surface area contributed by atoms with Gasteiger partial charge < -0.3 is 4.74 Å². The highest BCUT2D eigenvalue weighted by Crippen LogP contribution is 2.62. The number of hydrogen-bond acceptors (Lipinski definition) is 1. The van der Waals surface area contributed by atoms with Crippen molar-refractivity contribution >= 4 is 0 Å². The standard InChI is InChI=1S/C30H36F6O/c1-18(16-20-10-12-21(13-11-20)23-17-24(27(23,2)3)29(31,32)33)6-7-19-8-14-22(15-9-19)25-28(4,5)26(37-25)30(34,35)36/h8-15,18,23-26H,6-7,16-17H2,1-5H3. The summed E-state index contributed by atoms with van der Waals surface area (Å²) >= 11 is 0. The Kier molecular flexibility index (Phi) is 7.28. The first-order chi connectivity index (χ1) is 17.0. The van der Waals surface area contributed by atoms with Crippen molar-refractivity contribution in [2.45, 2.75) is 90.8 Å². The van der Waals surface area contributed by atoms with Crippen LogP contribution in [0.4, 0.5) is 26.3 Å². The normalized spacial score (nSPS) is 27.8. The largest absolute Gasteiger partial charge is 0.415 e. The Morgan fingerprint density at radius 3 is 1.81 bits per heavy atom. The Balaban J connectivity index is 1.27. The van der Waals surface area contributed by atoms with Gasteiger partial charge in [0, 0.05) is 5.41 Å². The van der Waals surface area contributed by atoms with Crippen molar-refractivity contribution in [1.29, 1.82) is 0 Å². The molecule has 1 saturated carbocycles. The maximum atomic E-state index is 13.2. The maximum Gasteiger partial charge on any atom is 0.415 e. The number of benzene rings is 2. The number of halogens is 6. The van der Waals surface area contributed by atoms with Gasteiger partial charge in [-0.05, 0) is 65.2 Å². The first-order valence-electron chi connectivity index (χ1n) is 13.0. The number of aryl methyl sites for hydroxylation is 1. The summed E-state index contributed by atoms with van der Waals surface area (Å²) in [6.45, 7) is 8.78. The lowest BCUT2D eigenvalue weighted by atomic mass is 9.52. The highest BCUT2D eigenvalue weighted by atomic mass is 19.4. The summed E-state index contributed by atoms with van der Waals surface area (Å²) in [6.07, 6.45) is -7.98. The van der Waals surface area contributed by atoms with E-state index in [-0.39, 0.29) is 12.3 Å². The summed E-state index contributed by atoms with van der Waals surface area (Å²) in [5.41, 5.74) is 2.24. The highest BCUT2D eigenvalue weighted by Gasteiger charge is 2.62. The third-order valence-corrected chi connectivity index (χ3v) is 8.76. The van der Waals surface area contributed by atoms with Crippen molar-refractivity contribution in [3.63, 3.8) is 0 Å². The first-order valence-corrected chi connectivity index (χ1v) is 13.0. The van der Waals surface area contributed by atoms with Gasteiger partial charge in [0.25, 0.3) is 0 Å². The van der Waals surface area contributed by atoms with Crippen LogP contribution in [0.3, 0.4) is 0 Å². The van der Waals surface area contributed by atoms with Gasteiger partial charge in [-0.25, -0.2) is 0 Å². The van der Waals surface area contributed by atoms with Gasteiger partial charge in [0.1, 0.15) is 0 Å². The van der Waals surface area contributed by atoms with E-state index >= 15 is 0 Å². The fraction of sp³-hybridized carbons (Fsp3) is 0.600. The monoisotopic (exact) mass is 526 g/mol. The molecule has 0 spiro atoms. The topological polar surface area (TPSA) is 9.23 Å². The third-order valence-electron chi connectivity index (χ3n) is 8.76. The van der Waals surface area contributed by atoms with Crippen LogP contribution in [-0.4, -0.2) is 18.5 Å². The smallest absolute Gasteiger partial charge is 0.359 e. The lowest BCUT2D eigenvalue weighted by molar-refractivity contribution is -0.351. The molecular weight excluding hydrogens is 490 g/mol. The summed E-state index contributed by atoms with van der Waals surface area (Å²) in [5, 5.41) is 0. The molecule has 2 aromatic carbocycles. The number of ether oxygens (including phenoxy) is 1. The van der Waals surface area contributed by atoms with Gasteiger partial charge >= 0.3 is 12.4 Å². The SMILES string of the molecule is CC(CCc1ccc(C2OC(C(F)(F)F)C2(C)C)cc1)Cc1ccc(C2CC(C(F)(F)F)C2(C)C)cc1. The fourth-order valence-corrected chi connectivity index (χ4v) is 6.27. The van der Waals surface area contributed by atoms with Crippen molar-refractivity contribution < 1.29 is 31.1 Å². The molecule has 2 aromatic rings. The first kappa shape index (κ1) is 28.0. The van der Waals surface area contributed by atoms with E-state index in [9.17, 15) is 26.3 Å². The molecule has 7 heteroatoms. The van der Waals surface area contributed by atoms with E-state index in [0.29, 0.717) is 5.92 Å². The van der Waals surface area contributed by atoms with Crippen LogP contribution in [-0.2, 0) is 17.6 Å². The van der Waals surface area contributed by atoms with Crippen LogP contribution in [0.15, 0.2) is 48.5 Å². The molecule has 0 N–H and O–H groups in total. The van der Waals surface area contributed by atoms with Crippen molar-refractivity contribution in [2.24, 2.45) is 22.7 Å². The zero-order valence-corrected chi connectivity index (χ0v) is 22.0. The molecule has 204 valence electrons. The average molecular weight is 527 g/mol. The minimum Gasteiger partial charge on any atom is -0.359 e. The number of alkyl halides is 6. The Morgan fingerprint density at radius 1 is 0.784 bits per heavy atom. The Hall–Kier alpha value is -2.02. The molecule has 1 heterocycles. The van der Waals surface area contributed by atoms with Gasteiger partial charge in [0.15, 0.2) is 6.10 Å². The van der Waals surface area contributed by atoms with Crippen molar-refractivity contribution in [2.75, 3.05) is 0 Å². The fourth-order valence-electron chi connectivity index (χ4n) is 6.27. The second-order valence-corrected chi connectivity index (χ2v) is 12.3. The quantitative estimate of drug-likeness (QED) is 0.327. The zero-order valence-electron chi connectivity index (χ0n) is 22.0. The van der Waals surface area contributed by atoms with Crippen LogP contribution < -0.4 is 0 Å². The van der Waals surface area contributed by atoms with Crippen LogP contribution >= 0.6 is 0 Å². The molecule has 0 aromatic heterocycles. The molecule has 4 rings (SSSR count). The van der Waals surface area contributed by atoms with Gasteiger partial charge in [-0.2, -0.15) is 26.3 Å². The van der Waals surface area contributed by atoms with Gasteiger partial charge in [-0.3, -0.25) is 0 Å². The molecule has 1 aliphatic heterocycles. The van der Waals surface area contributed by atoms with E-state index < -0.39 is 41.3 Å². The predicted octanol–water partition coefficient (Wildman–Crippen LogP) is 9.22. The molecule has 5 unspecified atom stereocenters. The lowest BCUT2D eigenvalue weighted by Crippen LogP contribution is -2.57. The molecular formula is C30H36F6O. The summed E-state index contributed by atoms with van der Waals surface area (Å²) in [6, 6.07) is 15.7. The molecule has 0 amide bonds. The van der Waals surface area contributed by atoms with E-state index in [1.165, 1.54) is 5.56 Å². The summed E-state index contributed by atoms with van der Waals surface area (Å²) in [5.74, 6) is -0.922. The van der Waals surface area contributed by atoms with Crippen LogP contribution in [0.5, 0.6) is 0 Å². The van der Waals surface area contributed by atoms with Crippen molar-refractivity contribution in [3.05, 3.63) is 70.8 Å². The van der Waals surface area contributed by atoms with Crippen molar-refractivity contribution in [3.8, 4) is 0 Å². The third kappa shape index (κ3) is 5.57. The Labute approximate surface area is 215 Å². The number of hydrogen-bond donors (Lipinski definition) is 0. The molecule has 2 aliphatic rings. The molecule has 1 aliphatic carbocycles. The van der Waals surface area contributed by atoms with Gasteiger partial charge in [0.2, 0.25) is 0 Å². The van der Waals surface area contributed by atoms with E-state index in [1.807, 2.05) is 48.5 Å². The predicted molar refractivity (Wildman–Crippen MR) is 132 cm³/mol. The molecule has 1 saturated heterocycles. The molecule has 0 radical (unpaired) electrons. The summed E-state index contributed by atoms with van der Waals surface area (Å²) in [4.78, 5) is 0. The molecule has 37 heavy (non-hydrogen) atoms. The van der Waals surface area contributed by atoms with E-state index in [0.717, 1.165) is 36.0 Å². The highest BCUT2D eigenvalue weighted by molar-refractivity contribution is 5.31. The minimum absolute atomic E-state index is 0.0798. The Morgan fingerprint density at radius 2 is 1.32 bits per heavy atom. The molecule has 1 nitrogen and oxygen atoms in total. The summed E-state index contributed by atoms with van der Waals surface area (Å²) in [7, 11) is 0. The number of rotatable bonds is 7. The molecule has 0 bridgehead atoms. The van der Waals surface area contributed by atoms with E-state index in [1.54, 1.807) is 27.7 Å². The van der Waals surface area contributed by atoms with Gasteiger partial charge in [-0.1, -0.05) is 83.1 Å². The van der Waals surface area contributed by atoms with Crippen molar-refractivity contribution in [1.82, 2.24) is 0 Å². The summed E-state index contributed by atoms with van der Waals surface area (Å²) < 4.78 is 84.0. The van der Waals surface area contributed by atoms with E-state index in [4.69, 9.17) is 4.74 Å². The van der Waals surface area contributed by atoms with Crippen LogP contribution in [0, 0.1) is 22.7 Å². The van der Waals surface area contributed by atoms with Crippen LogP contribution in [0.2, 0.25) is 0 Å². The molecule has 5 atom stereocenters. The molecule has 2 fully saturated rings. The second kappa shape index (κ2) is 9.62. The zero-order chi connectivity index (χ0) is 27.4. The van der Waals surface area contributed by atoms with Crippen LogP contribution in [0.1, 0.15) is 81.7 Å². The Bertz CT molecular complexity index is 1070.